The molecule has 2 aromatic rings. The minimum atomic E-state index is -0.543. The molecular formula is C21H24N6O4. The predicted molar refractivity (Wildman–Crippen MR) is 115 cm³/mol. The highest BCUT2D eigenvalue weighted by atomic mass is 16.5. The van der Waals surface area contributed by atoms with E-state index in [1.54, 1.807) is 53.4 Å². The lowest BCUT2D eigenvalue weighted by Gasteiger charge is -2.34. The van der Waals surface area contributed by atoms with Gasteiger partial charge in [-0.1, -0.05) is 0 Å². The van der Waals surface area contributed by atoms with Crippen molar-refractivity contribution in [2.45, 2.75) is 0 Å². The number of piperazine rings is 1. The van der Waals surface area contributed by atoms with Gasteiger partial charge >= 0.3 is 5.97 Å². The molecule has 6 N–H and O–H groups in total. The number of carbonyl (C=O) groups is 3. The smallest absolute Gasteiger partial charge is 0.343 e. The number of guanidine groups is 1. The molecule has 0 aliphatic carbocycles. The number of anilines is 1. The van der Waals surface area contributed by atoms with E-state index in [4.69, 9.17) is 21.6 Å². The van der Waals surface area contributed by atoms with Crippen molar-refractivity contribution < 1.29 is 19.1 Å². The van der Waals surface area contributed by atoms with Gasteiger partial charge in [0, 0.05) is 37.4 Å². The van der Waals surface area contributed by atoms with Crippen molar-refractivity contribution in [1.82, 2.24) is 9.80 Å². The minimum Gasteiger partial charge on any atom is -0.423 e. The number of nitrogens with one attached hydrogen (secondary N) is 2. The van der Waals surface area contributed by atoms with Gasteiger partial charge in [-0.15, -0.1) is 0 Å². The van der Waals surface area contributed by atoms with Gasteiger partial charge in [0.1, 0.15) is 5.75 Å². The lowest BCUT2D eigenvalue weighted by Crippen LogP contribution is -2.50. The van der Waals surface area contributed by atoms with E-state index in [2.05, 4.69) is 5.32 Å². The fourth-order valence-corrected chi connectivity index (χ4v) is 3.19. The molecule has 1 fully saturated rings. The molecule has 1 aliphatic heterocycles. The highest BCUT2D eigenvalue weighted by molar-refractivity contribution is 5.95. The first-order valence-corrected chi connectivity index (χ1v) is 9.65. The number of hydrogen-bond acceptors (Lipinski definition) is 6. The number of amides is 2. The van der Waals surface area contributed by atoms with Crippen LogP contribution in [0, 0.1) is 5.41 Å². The monoisotopic (exact) mass is 424 g/mol. The lowest BCUT2D eigenvalue weighted by atomic mass is 10.1. The summed E-state index contributed by atoms with van der Waals surface area (Å²) >= 11 is 0. The molecule has 1 saturated heterocycles. The topological polar surface area (TPSA) is 155 Å². The minimum absolute atomic E-state index is 0.120. The number of ether oxygens (including phenoxy) is 1. The summed E-state index contributed by atoms with van der Waals surface area (Å²) in [6.07, 6.45) is 0. The second kappa shape index (κ2) is 9.72. The van der Waals surface area contributed by atoms with E-state index in [1.807, 2.05) is 4.90 Å². The van der Waals surface area contributed by atoms with Gasteiger partial charge in [-0.05, 0) is 48.5 Å². The largest absolute Gasteiger partial charge is 0.423 e. The standard InChI is InChI=1S/C21H24N6O4/c22-18(28)13-26-9-11-27(12-10-26)19(29)14-3-7-17(8-4-14)31-20(30)15-1-5-16(6-2-15)25-21(23)24/h1-8H,9-13H2,(H2,22,28)(H4,23,24,25). The van der Waals surface area contributed by atoms with Crippen LogP contribution in [0.15, 0.2) is 48.5 Å². The number of nitrogens with zero attached hydrogens (tertiary/aromatic N) is 2. The Morgan fingerprint density at radius 2 is 1.48 bits per heavy atom. The molecule has 162 valence electrons. The Kier molecular flexibility index (Phi) is 6.83. The Morgan fingerprint density at radius 3 is 2.03 bits per heavy atom. The van der Waals surface area contributed by atoms with Crippen LogP contribution in [0.25, 0.3) is 0 Å². The van der Waals surface area contributed by atoms with Crippen molar-refractivity contribution in [3.05, 3.63) is 59.7 Å². The third-order valence-electron chi connectivity index (χ3n) is 4.75. The summed E-state index contributed by atoms with van der Waals surface area (Å²) < 4.78 is 5.35. The van der Waals surface area contributed by atoms with E-state index < -0.39 is 5.97 Å². The Labute approximate surface area is 179 Å². The van der Waals surface area contributed by atoms with Gasteiger partial charge in [-0.3, -0.25) is 19.9 Å². The first kappa shape index (κ1) is 21.8. The number of carbonyl (C=O) groups excluding carboxylic acids is 3. The van der Waals surface area contributed by atoms with Gasteiger partial charge < -0.3 is 26.4 Å². The van der Waals surface area contributed by atoms with E-state index in [0.29, 0.717) is 48.7 Å². The zero-order chi connectivity index (χ0) is 22.4. The van der Waals surface area contributed by atoms with Crippen LogP contribution in [0.4, 0.5) is 5.69 Å². The number of rotatable bonds is 6. The highest BCUT2D eigenvalue weighted by Gasteiger charge is 2.23. The number of primary amides is 1. The summed E-state index contributed by atoms with van der Waals surface area (Å²) in [5.74, 6) is -0.922. The van der Waals surface area contributed by atoms with E-state index in [9.17, 15) is 14.4 Å². The Hall–Kier alpha value is -3.92. The Balaban J connectivity index is 1.55. The van der Waals surface area contributed by atoms with Crippen molar-refractivity contribution >= 4 is 29.4 Å². The molecule has 0 aromatic heterocycles. The molecule has 2 amide bonds. The van der Waals surface area contributed by atoms with Crippen molar-refractivity contribution in [1.29, 1.82) is 5.41 Å². The van der Waals surface area contributed by atoms with Crippen molar-refractivity contribution in [2.24, 2.45) is 11.5 Å². The van der Waals surface area contributed by atoms with Gasteiger partial charge in [0.25, 0.3) is 5.91 Å². The maximum Gasteiger partial charge on any atom is 0.343 e. The molecule has 0 spiro atoms. The Bertz CT molecular complexity index is 966. The third kappa shape index (κ3) is 6.03. The van der Waals surface area contributed by atoms with Gasteiger partial charge in [-0.2, -0.15) is 0 Å². The van der Waals surface area contributed by atoms with Crippen LogP contribution in [0.5, 0.6) is 5.75 Å². The fraction of sp³-hybridized carbons (Fsp3) is 0.238. The van der Waals surface area contributed by atoms with Gasteiger partial charge in [-0.25, -0.2) is 4.79 Å². The molecule has 3 rings (SSSR count). The lowest BCUT2D eigenvalue weighted by molar-refractivity contribution is -0.119. The zero-order valence-corrected chi connectivity index (χ0v) is 16.8. The first-order valence-electron chi connectivity index (χ1n) is 9.65. The molecule has 0 saturated carbocycles. The molecule has 1 heterocycles. The summed E-state index contributed by atoms with van der Waals surface area (Å²) in [4.78, 5) is 39.6. The number of hydrogen-bond donors (Lipinski definition) is 4. The molecule has 0 unspecified atom stereocenters. The van der Waals surface area contributed by atoms with Gasteiger partial charge in [0.2, 0.25) is 5.91 Å². The zero-order valence-electron chi connectivity index (χ0n) is 16.8. The van der Waals surface area contributed by atoms with Crippen molar-refractivity contribution in [3.8, 4) is 5.75 Å². The maximum atomic E-state index is 12.7. The SMILES string of the molecule is N=C(N)Nc1ccc(C(=O)Oc2ccc(C(=O)N3CCN(CC(N)=O)CC3)cc2)cc1. The van der Waals surface area contributed by atoms with Gasteiger partial charge in [0.05, 0.1) is 12.1 Å². The first-order chi connectivity index (χ1) is 14.8. The average molecular weight is 424 g/mol. The molecular weight excluding hydrogens is 400 g/mol. The molecule has 31 heavy (non-hydrogen) atoms. The van der Waals surface area contributed by atoms with Crippen LogP contribution in [0.3, 0.4) is 0 Å². The van der Waals surface area contributed by atoms with Crippen LogP contribution in [-0.2, 0) is 4.79 Å². The van der Waals surface area contributed by atoms with E-state index in [-0.39, 0.29) is 24.3 Å². The van der Waals surface area contributed by atoms with Gasteiger partial charge in [0.15, 0.2) is 5.96 Å². The van der Waals surface area contributed by atoms with Crippen LogP contribution < -0.4 is 21.5 Å². The molecule has 10 nitrogen and oxygen atoms in total. The quantitative estimate of drug-likeness (QED) is 0.227. The van der Waals surface area contributed by atoms with Crippen LogP contribution in [-0.4, -0.2) is 66.3 Å². The van der Waals surface area contributed by atoms with Crippen LogP contribution >= 0.6 is 0 Å². The Morgan fingerprint density at radius 1 is 0.903 bits per heavy atom. The highest BCUT2D eigenvalue weighted by Crippen LogP contribution is 2.17. The summed E-state index contributed by atoms with van der Waals surface area (Å²) in [6.45, 7) is 2.39. The molecule has 10 heteroatoms. The van der Waals surface area contributed by atoms with E-state index >= 15 is 0 Å². The molecule has 0 radical (unpaired) electrons. The predicted octanol–water partition coefficient (Wildman–Crippen LogP) is 0.454. The number of esters is 1. The summed E-state index contributed by atoms with van der Waals surface area (Å²) in [5, 5.41) is 9.82. The molecule has 1 aliphatic rings. The van der Waals surface area contributed by atoms with Crippen LogP contribution in [0.1, 0.15) is 20.7 Å². The number of nitrogens with two attached hydrogens (primary N) is 2. The van der Waals surface area contributed by atoms with Crippen LogP contribution in [0.2, 0.25) is 0 Å². The summed E-state index contributed by atoms with van der Waals surface area (Å²) in [5.41, 5.74) is 11.9. The average Bonchev–Trinajstić information content (AvgIpc) is 2.74. The molecule has 2 aromatic carbocycles. The van der Waals surface area contributed by atoms with Crippen molar-refractivity contribution in [2.75, 3.05) is 38.0 Å². The summed E-state index contributed by atoms with van der Waals surface area (Å²) in [7, 11) is 0. The molecule has 0 bridgehead atoms. The van der Waals surface area contributed by atoms with E-state index in [1.165, 1.54) is 0 Å². The fourth-order valence-electron chi connectivity index (χ4n) is 3.19. The third-order valence-corrected chi connectivity index (χ3v) is 4.75. The maximum absolute atomic E-state index is 12.7. The van der Waals surface area contributed by atoms with Crippen molar-refractivity contribution in [3.63, 3.8) is 0 Å². The number of benzene rings is 2. The molecule has 0 atom stereocenters. The normalized spacial score (nSPS) is 14.0. The second-order valence-corrected chi connectivity index (χ2v) is 7.06. The second-order valence-electron chi connectivity index (χ2n) is 7.06. The van der Waals surface area contributed by atoms with E-state index in [0.717, 1.165) is 0 Å². The summed E-state index contributed by atoms with van der Waals surface area (Å²) in [6, 6.07) is 12.7.